The highest BCUT2D eigenvalue weighted by atomic mass is 31.2. The third-order valence-corrected chi connectivity index (χ3v) is 3.52. The third-order valence-electron chi connectivity index (χ3n) is 1.62. The second-order valence-corrected chi connectivity index (χ2v) is 5.77. The van der Waals surface area contributed by atoms with E-state index in [-0.39, 0.29) is 12.2 Å². The van der Waals surface area contributed by atoms with Crippen molar-refractivity contribution in [3.05, 3.63) is 24.4 Å². The first-order chi connectivity index (χ1) is 7.91. The Morgan fingerprint density at radius 2 is 1.76 bits per heavy atom. The fourth-order valence-corrected chi connectivity index (χ4v) is 2.88. The van der Waals surface area contributed by atoms with Gasteiger partial charge in [-0.15, -0.1) is 0 Å². The quantitative estimate of drug-likeness (QED) is 0.792. The summed E-state index contributed by atoms with van der Waals surface area (Å²) in [6.07, 6.45) is 1.21. The van der Waals surface area contributed by atoms with Crippen molar-refractivity contribution in [1.29, 1.82) is 0 Å². The van der Waals surface area contributed by atoms with Gasteiger partial charge in [0.25, 0.3) is 0 Å². The summed E-state index contributed by atoms with van der Waals surface area (Å²) in [5.74, 6) is 0.470. The fourth-order valence-electron chi connectivity index (χ4n) is 1.20. The molecule has 0 spiro atoms. The number of aromatic nitrogens is 1. The minimum absolute atomic E-state index is 0.198. The number of pyridine rings is 1. The van der Waals surface area contributed by atoms with E-state index in [9.17, 15) is 4.57 Å². The van der Waals surface area contributed by atoms with Gasteiger partial charge in [-0.25, -0.2) is 9.55 Å². The summed E-state index contributed by atoms with van der Waals surface area (Å²) in [5, 5.41) is 2.72. The average Bonchev–Trinajstić information content (AvgIpc) is 2.15. The molecule has 5 nitrogen and oxygen atoms in total. The van der Waals surface area contributed by atoms with E-state index in [0.29, 0.717) is 5.82 Å². The molecule has 0 fully saturated rings. The van der Waals surface area contributed by atoms with Gasteiger partial charge in [-0.2, -0.15) is 0 Å². The number of rotatable bonds is 6. The van der Waals surface area contributed by atoms with Gasteiger partial charge in [0.05, 0.1) is 12.2 Å². The molecule has 0 atom stereocenters. The monoisotopic (exact) mass is 258 g/mol. The van der Waals surface area contributed by atoms with Crippen molar-refractivity contribution in [3.63, 3.8) is 0 Å². The van der Waals surface area contributed by atoms with Crippen molar-refractivity contribution < 1.29 is 13.6 Å². The molecule has 0 aliphatic carbocycles. The molecule has 0 radical (unpaired) electrons. The Bertz CT molecular complexity index is 368. The van der Waals surface area contributed by atoms with E-state index in [1.165, 1.54) is 0 Å². The lowest BCUT2D eigenvalue weighted by molar-refractivity contribution is 0.146. The number of nitrogens with zero attached hydrogens (tertiary/aromatic N) is 1. The molecule has 1 N–H and O–H groups in total. The summed E-state index contributed by atoms with van der Waals surface area (Å²) in [5.41, 5.74) is 0. The molecule has 0 amide bonds. The second kappa shape index (κ2) is 6.15. The molecule has 0 aliphatic heterocycles. The minimum atomic E-state index is -3.37. The molecule has 6 heteroatoms. The Balaban J connectivity index is 2.80. The maximum Gasteiger partial charge on any atom is 0.434 e. The molecule has 96 valence electrons. The molecule has 1 rings (SSSR count). The van der Waals surface area contributed by atoms with Gasteiger partial charge in [-0.05, 0) is 39.8 Å². The van der Waals surface area contributed by atoms with Crippen LogP contribution < -0.4 is 5.09 Å². The topological polar surface area (TPSA) is 60.5 Å². The maximum atomic E-state index is 12.4. The first-order valence-corrected chi connectivity index (χ1v) is 7.12. The van der Waals surface area contributed by atoms with E-state index >= 15 is 0 Å². The van der Waals surface area contributed by atoms with Crippen LogP contribution in [0.4, 0.5) is 5.82 Å². The van der Waals surface area contributed by atoms with Crippen LogP contribution in [0.1, 0.15) is 27.7 Å². The molecule has 0 saturated carbocycles. The number of hydrogen-bond donors (Lipinski definition) is 1. The highest BCUT2D eigenvalue weighted by molar-refractivity contribution is 7.55. The summed E-state index contributed by atoms with van der Waals surface area (Å²) in [6.45, 7) is 7.21. The van der Waals surface area contributed by atoms with Crippen LogP contribution in [-0.4, -0.2) is 17.2 Å². The van der Waals surface area contributed by atoms with Crippen molar-refractivity contribution in [2.75, 3.05) is 5.09 Å². The largest absolute Gasteiger partial charge is 0.434 e. The lowest BCUT2D eigenvalue weighted by atomic mass is 10.5. The van der Waals surface area contributed by atoms with Gasteiger partial charge < -0.3 is 0 Å². The molecule has 0 unspecified atom stereocenters. The summed E-state index contributed by atoms with van der Waals surface area (Å²) in [4.78, 5) is 4.03. The van der Waals surface area contributed by atoms with Crippen molar-refractivity contribution >= 4 is 13.6 Å². The maximum absolute atomic E-state index is 12.4. The highest BCUT2D eigenvalue weighted by Crippen LogP contribution is 2.49. The first kappa shape index (κ1) is 14.2. The van der Waals surface area contributed by atoms with Crippen molar-refractivity contribution in [2.45, 2.75) is 39.9 Å². The van der Waals surface area contributed by atoms with E-state index in [1.54, 1.807) is 52.1 Å². The van der Waals surface area contributed by atoms with E-state index < -0.39 is 7.75 Å². The predicted octanol–water partition coefficient (Wildman–Crippen LogP) is 3.45. The Morgan fingerprint density at radius 1 is 1.18 bits per heavy atom. The van der Waals surface area contributed by atoms with Crippen LogP contribution in [-0.2, 0) is 13.6 Å². The van der Waals surface area contributed by atoms with Crippen molar-refractivity contribution in [3.8, 4) is 0 Å². The summed E-state index contributed by atoms with van der Waals surface area (Å²) in [6, 6.07) is 5.28. The Morgan fingerprint density at radius 3 is 2.18 bits per heavy atom. The third kappa shape index (κ3) is 5.31. The van der Waals surface area contributed by atoms with Crippen molar-refractivity contribution in [2.24, 2.45) is 0 Å². The zero-order valence-corrected chi connectivity index (χ0v) is 11.5. The SMILES string of the molecule is CC(C)OP(=O)(Nc1ccccn1)OC(C)C. The molecule has 1 heterocycles. The standard InChI is InChI=1S/C11H19N2O3P/c1-9(2)15-17(14,16-10(3)4)13-11-7-5-6-8-12-11/h5-10H,1-4H3,(H,12,13,14). The van der Waals surface area contributed by atoms with Gasteiger partial charge >= 0.3 is 7.75 Å². The normalized spacial score (nSPS) is 12.1. The molecular formula is C11H19N2O3P. The molecule has 0 saturated heterocycles. The molecule has 17 heavy (non-hydrogen) atoms. The van der Waals surface area contributed by atoms with Gasteiger partial charge in [0.2, 0.25) is 0 Å². The van der Waals surface area contributed by atoms with Crippen molar-refractivity contribution in [1.82, 2.24) is 4.98 Å². The van der Waals surface area contributed by atoms with E-state index in [1.807, 2.05) is 0 Å². The van der Waals surface area contributed by atoms with Crippen LogP contribution >= 0.6 is 7.75 Å². The Hall–Kier alpha value is -0.900. The van der Waals surface area contributed by atoms with Gasteiger partial charge in [0, 0.05) is 6.20 Å². The smallest absolute Gasteiger partial charge is 0.290 e. The van der Waals surface area contributed by atoms with Gasteiger partial charge in [0.1, 0.15) is 5.82 Å². The highest BCUT2D eigenvalue weighted by Gasteiger charge is 2.28. The number of hydrogen-bond acceptors (Lipinski definition) is 4. The first-order valence-electron chi connectivity index (χ1n) is 5.57. The summed E-state index contributed by atoms with van der Waals surface area (Å²) in [7, 11) is -3.37. The number of anilines is 1. The van der Waals surface area contributed by atoms with Crippen LogP contribution in [0.5, 0.6) is 0 Å². The zero-order chi connectivity index (χ0) is 12.9. The average molecular weight is 258 g/mol. The van der Waals surface area contributed by atoms with Crippen LogP contribution in [0.3, 0.4) is 0 Å². The van der Waals surface area contributed by atoms with Gasteiger partial charge in [-0.1, -0.05) is 6.07 Å². The lowest BCUT2D eigenvalue weighted by Crippen LogP contribution is -2.13. The Kier molecular flexibility index (Phi) is 5.12. The molecule has 1 aromatic rings. The van der Waals surface area contributed by atoms with Crippen LogP contribution in [0.15, 0.2) is 24.4 Å². The van der Waals surface area contributed by atoms with Crippen LogP contribution in [0, 0.1) is 0 Å². The molecule has 1 aromatic heterocycles. The second-order valence-electron chi connectivity index (χ2n) is 4.13. The van der Waals surface area contributed by atoms with E-state index in [4.69, 9.17) is 9.05 Å². The predicted molar refractivity (Wildman–Crippen MR) is 67.9 cm³/mol. The number of nitrogens with one attached hydrogen (secondary N) is 1. The molecule has 0 bridgehead atoms. The summed E-state index contributed by atoms with van der Waals surface area (Å²) >= 11 is 0. The minimum Gasteiger partial charge on any atom is -0.290 e. The molecular weight excluding hydrogens is 239 g/mol. The Labute approximate surface area is 102 Å². The summed E-state index contributed by atoms with van der Waals surface area (Å²) < 4.78 is 23.1. The zero-order valence-electron chi connectivity index (χ0n) is 10.6. The van der Waals surface area contributed by atoms with Gasteiger partial charge in [0.15, 0.2) is 0 Å². The molecule has 0 aromatic carbocycles. The van der Waals surface area contributed by atoms with Crippen LogP contribution in [0.25, 0.3) is 0 Å². The van der Waals surface area contributed by atoms with Gasteiger partial charge in [-0.3, -0.25) is 14.1 Å². The van der Waals surface area contributed by atoms with Crippen LogP contribution in [0.2, 0.25) is 0 Å². The fraction of sp³-hybridized carbons (Fsp3) is 0.545. The van der Waals surface area contributed by atoms with E-state index in [2.05, 4.69) is 10.1 Å². The molecule has 0 aliphatic rings. The van der Waals surface area contributed by atoms with E-state index in [0.717, 1.165) is 0 Å². The lowest BCUT2D eigenvalue weighted by Gasteiger charge is -2.23.